The molecule has 76 valence electrons. The van der Waals surface area contributed by atoms with E-state index in [1.165, 1.54) is 6.92 Å². The first-order chi connectivity index (χ1) is 5.93. The van der Waals surface area contributed by atoms with Crippen molar-refractivity contribution < 1.29 is 29.3 Å². The molecule has 13 heavy (non-hydrogen) atoms. The van der Waals surface area contributed by atoms with E-state index in [0.29, 0.717) is 0 Å². The monoisotopic (exact) mass is 192 g/mol. The van der Waals surface area contributed by atoms with Crippen LogP contribution in [-0.2, 0) is 9.47 Å². The third kappa shape index (κ3) is 5.77. The van der Waals surface area contributed by atoms with Crippen LogP contribution in [-0.4, -0.2) is 35.2 Å². The Morgan fingerprint density at radius 3 is 2.15 bits per heavy atom. The van der Waals surface area contributed by atoms with E-state index in [-0.39, 0.29) is 12.5 Å². The van der Waals surface area contributed by atoms with E-state index in [2.05, 4.69) is 9.47 Å². The van der Waals surface area contributed by atoms with Crippen LogP contribution >= 0.6 is 0 Å². The van der Waals surface area contributed by atoms with E-state index < -0.39 is 18.4 Å². The van der Waals surface area contributed by atoms with Crippen LogP contribution in [0.3, 0.4) is 0 Å². The van der Waals surface area contributed by atoms with Gasteiger partial charge in [0.2, 0.25) is 0 Å². The molecule has 0 aromatic heterocycles. The molecule has 0 aliphatic heterocycles. The predicted octanol–water partition coefficient (Wildman–Crippen LogP) is 1.40. The van der Waals surface area contributed by atoms with Crippen molar-refractivity contribution in [3.8, 4) is 0 Å². The second kappa shape index (κ2) is 5.23. The lowest BCUT2D eigenvalue weighted by Crippen LogP contribution is -2.25. The zero-order valence-corrected chi connectivity index (χ0v) is 7.39. The Bertz CT molecular complexity index is 189. The first-order valence-electron chi connectivity index (χ1n) is 3.68. The van der Waals surface area contributed by atoms with E-state index in [1.54, 1.807) is 6.92 Å². The summed E-state index contributed by atoms with van der Waals surface area (Å²) >= 11 is 0. The molecule has 0 amide bonds. The molecular formula is C7H12O6. The standard InChI is InChI=1S/C7H12O6/c1-4(3-12-6(8)9)5(2)13-7(10)11/h4-5H,3H2,1-2H3,(H,8,9)(H,10,11). The summed E-state index contributed by atoms with van der Waals surface area (Å²) in [4.78, 5) is 20.0. The highest BCUT2D eigenvalue weighted by Crippen LogP contribution is 2.07. The lowest BCUT2D eigenvalue weighted by atomic mass is 10.1. The number of ether oxygens (including phenoxy) is 2. The fourth-order valence-electron chi connectivity index (χ4n) is 0.613. The van der Waals surface area contributed by atoms with E-state index in [9.17, 15) is 9.59 Å². The average molecular weight is 192 g/mol. The average Bonchev–Trinajstić information content (AvgIpc) is 1.98. The molecule has 0 aliphatic carbocycles. The maximum Gasteiger partial charge on any atom is 0.506 e. The second-order valence-electron chi connectivity index (χ2n) is 2.64. The first kappa shape index (κ1) is 11.5. The molecule has 0 rings (SSSR count). The van der Waals surface area contributed by atoms with Crippen LogP contribution in [0.2, 0.25) is 0 Å². The molecule has 0 heterocycles. The van der Waals surface area contributed by atoms with Crippen molar-refractivity contribution in [2.45, 2.75) is 20.0 Å². The van der Waals surface area contributed by atoms with Gasteiger partial charge < -0.3 is 19.7 Å². The van der Waals surface area contributed by atoms with Crippen LogP contribution in [0.25, 0.3) is 0 Å². The molecule has 2 N–H and O–H groups in total. The fraction of sp³-hybridized carbons (Fsp3) is 0.714. The Labute approximate surface area is 75.1 Å². The van der Waals surface area contributed by atoms with Crippen LogP contribution in [0.5, 0.6) is 0 Å². The minimum atomic E-state index is -1.38. The molecule has 0 saturated carbocycles. The number of hydrogen-bond donors (Lipinski definition) is 2. The molecule has 0 bridgehead atoms. The van der Waals surface area contributed by atoms with Gasteiger partial charge in [-0.2, -0.15) is 0 Å². The summed E-state index contributed by atoms with van der Waals surface area (Å²) in [7, 11) is 0. The van der Waals surface area contributed by atoms with Gasteiger partial charge in [-0.3, -0.25) is 0 Å². The maximum atomic E-state index is 10.1. The van der Waals surface area contributed by atoms with Crippen molar-refractivity contribution in [2.75, 3.05) is 6.61 Å². The smallest absolute Gasteiger partial charge is 0.450 e. The van der Waals surface area contributed by atoms with E-state index in [0.717, 1.165) is 0 Å². The van der Waals surface area contributed by atoms with Gasteiger partial charge in [-0.05, 0) is 6.92 Å². The quantitative estimate of drug-likeness (QED) is 0.654. The molecule has 2 atom stereocenters. The number of carboxylic acid groups (broad SMARTS) is 2. The van der Waals surface area contributed by atoms with Crippen LogP contribution in [0.15, 0.2) is 0 Å². The summed E-state index contributed by atoms with van der Waals surface area (Å²) in [5.41, 5.74) is 0. The minimum Gasteiger partial charge on any atom is -0.450 e. The highest BCUT2D eigenvalue weighted by molar-refractivity contribution is 5.57. The van der Waals surface area contributed by atoms with Crippen molar-refractivity contribution in [3.63, 3.8) is 0 Å². The van der Waals surface area contributed by atoms with Crippen molar-refractivity contribution in [1.82, 2.24) is 0 Å². The van der Waals surface area contributed by atoms with Crippen molar-refractivity contribution >= 4 is 12.3 Å². The molecule has 0 radical (unpaired) electrons. The van der Waals surface area contributed by atoms with Crippen molar-refractivity contribution in [2.24, 2.45) is 5.92 Å². The number of rotatable bonds is 4. The van der Waals surface area contributed by atoms with Gasteiger partial charge in [-0.15, -0.1) is 0 Å². The van der Waals surface area contributed by atoms with Crippen LogP contribution < -0.4 is 0 Å². The molecule has 0 spiro atoms. The fourth-order valence-corrected chi connectivity index (χ4v) is 0.613. The Kier molecular flexibility index (Phi) is 4.64. The Morgan fingerprint density at radius 2 is 1.77 bits per heavy atom. The summed E-state index contributed by atoms with van der Waals surface area (Å²) < 4.78 is 8.64. The van der Waals surface area contributed by atoms with Crippen LogP contribution in [0.1, 0.15) is 13.8 Å². The molecule has 0 aromatic carbocycles. The molecule has 2 unspecified atom stereocenters. The van der Waals surface area contributed by atoms with Gasteiger partial charge >= 0.3 is 12.3 Å². The largest absolute Gasteiger partial charge is 0.506 e. The molecule has 0 fully saturated rings. The zero-order valence-electron chi connectivity index (χ0n) is 7.39. The summed E-state index contributed by atoms with van der Waals surface area (Å²) in [6, 6.07) is 0. The predicted molar refractivity (Wildman–Crippen MR) is 41.7 cm³/mol. The SMILES string of the molecule is CC(COC(=O)O)C(C)OC(=O)O. The first-order valence-corrected chi connectivity index (χ1v) is 3.68. The summed E-state index contributed by atoms with van der Waals surface area (Å²) in [6.45, 7) is 3.09. The Hall–Kier alpha value is -1.46. The summed E-state index contributed by atoms with van der Waals surface area (Å²) in [6.07, 6.45) is -3.35. The molecule has 6 nitrogen and oxygen atoms in total. The maximum absolute atomic E-state index is 10.1. The lowest BCUT2D eigenvalue weighted by molar-refractivity contribution is 0.0121. The van der Waals surface area contributed by atoms with Crippen molar-refractivity contribution in [3.05, 3.63) is 0 Å². The zero-order chi connectivity index (χ0) is 10.4. The van der Waals surface area contributed by atoms with E-state index >= 15 is 0 Å². The third-order valence-corrected chi connectivity index (χ3v) is 1.56. The second-order valence-corrected chi connectivity index (χ2v) is 2.64. The molecule has 6 heteroatoms. The highest BCUT2D eigenvalue weighted by Gasteiger charge is 2.17. The van der Waals surface area contributed by atoms with Gasteiger partial charge in [0, 0.05) is 5.92 Å². The number of carbonyl (C=O) groups is 2. The van der Waals surface area contributed by atoms with E-state index in [1.807, 2.05) is 0 Å². The molecule has 0 aliphatic rings. The normalized spacial score (nSPS) is 14.3. The molecule has 0 saturated heterocycles. The summed E-state index contributed by atoms with van der Waals surface area (Å²) in [5, 5.41) is 16.4. The Morgan fingerprint density at radius 1 is 1.23 bits per heavy atom. The molecule has 0 aromatic rings. The van der Waals surface area contributed by atoms with Gasteiger partial charge in [-0.25, -0.2) is 9.59 Å². The van der Waals surface area contributed by atoms with Gasteiger partial charge in [0.25, 0.3) is 0 Å². The van der Waals surface area contributed by atoms with Crippen molar-refractivity contribution in [1.29, 1.82) is 0 Å². The van der Waals surface area contributed by atoms with Gasteiger partial charge in [0.05, 0.1) is 0 Å². The van der Waals surface area contributed by atoms with Crippen LogP contribution in [0.4, 0.5) is 9.59 Å². The van der Waals surface area contributed by atoms with E-state index in [4.69, 9.17) is 10.2 Å². The lowest BCUT2D eigenvalue weighted by Gasteiger charge is -2.17. The topological polar surface area (TPSA) is 93.1 Å². The number of hydrogen-bond acceptors (Lipinski definition) is 4. The van der Waals surface area contributed by atoms with Crippen LogP contribution in [0, 0.1) is 5.92 Å². The van der Waals surface area contributed by atoms with Gasteiger partial charge in [0.1, 0.15) is 12.7 Å². The third-order valence-electron chi connectivity index (χ3n) is 1.56. The minimum absolute atomic E-state index is 0.0796. The van der Waals surface area contributed by atoms with Gasteiger partial charge in [0.15, 0.2) is 0 Å². The Balaban J connectivity index is 3.75. The summed E-state index contributed by atoms with van der Waals surface area (Å²) in [5.74, 6) is -0.299. The molecular weight excluding hydrogens is 180 g/mol. The van der Waals surface area contributed by atoms with Gasteiger partial charge in [-0.1, -0.05) is 6.92 Å². The highest BCUT2D eigenvalue weighted by atomic mass is 16.7.